The number of nitriles is 1. The highest BCUT2D eigenvalue weighted by molar-refractivity contribution is 6.30. The van der Waals surface area contributed by atoms with Crippen LogP contribution >= 0.6 is 11.6 Å². The van der Waals surface area contributed by atoms with E-state index >= 15 is 0 Å². The van der Waals surface area contributed by atoms with Gasteiger partial charge < -0.3 is 4.90 Å². The Hall–Kier alpha value is -3.13. The number of hydrogen-bond acceptors (Lipinski definition) is 3. The zero-order valence-electron chi connectivity index (χ0n) is 16.5. The first-order valence-corrected chi connectivity index (χ1v) is 10.4. The molecular weight excluding hydrogens is 394 g/mol. The minimum Gasteiger partial charge on any atom is -0.336 e. The average Bonchev–Trinajstić information content (AvgIpc) is 2.81. The lowest BCUT2D eigenvalue weighted by Crippen LogP contribution is -2.49. The molecule has 1 aliphatic rings. The first-order chi connectivity index (χ1) is 14.7. The van der Waals surface area contributed by atoms with E-state index in [0.717, 1.165) is 18.1 Å². The second kappa shape index (κ2) is 9.13. The SMILES string of the molecule is N#Cc1cccc(C(=O)N2CCN([C@H](c3ccccc3)c3ccc(Cl)cc3)CC2)c1. The fourth-order valence-electron chi connectivity index (χ4n) is 3.98. The van der Waals surface area contributed by atoms with Crippen LogP contribution in [0.3, 0.4) is 0 Å². The standard InChI is InChI=1S/C25H22ClN3O/c26-23-11-9-21(10-12-23)24(20-6-2-1-3-7-20)28-13-15-29(16-14-28)25(30)22-8-4-5-19(17-22)18-27/h1-12,17,24H,13-16H2/t24-/m1/s1. The molecule has 1 amide bonds. The van der Waals surface area contributed by atoms with Gasteiger partial charge in [0.15, 0.2) is 0 Å². The van der Waals surface area contributed by atoms with Crippen molar-refractivity contribution in [2.45, 2.75) is 6.04 Å². The molecule has 150 valence electrons. The van der Waals surface area contributed by atoms with Crippen LogP contribution in [0.15, 0.2) is 78.9 Å². The van der Waals surface area contributed by atoms with Crippen LogP contribution in [0, 0.1) is 11.3 Å². The lowest BCUT2D eigenvalue weighted by Gasteiger charge is -2.39. The number of carbonyl (C=O) groups excluding carboxylic acids is 1. The summed E-state index contributed by atoms with van der Waals surface area (Å²) in [7, 11) is 0. The Labute approximate surface area is 181 Å². The molecule has 0 radical (unpaired) electrons. The first kappa shape index (κ1) is 20.2. The Balaban J connectivity index is 1.52. The van der Waals surface area contributed by atoms with Gasteiger partial charge >= 0.3 is 0 Å². The van der Waals surface area contributed by atoms with Crippen LogP contribution < -0.4 is 0 Å². The van der Waals surface area contributed by atoms with Crippen LogP contribution in [-0.4, -0.2) is 41.9 Å². The molecule has 30 heavy (non-hydrogen) atoms. The molecule has 0 saturated carbocycles. The van der Waals surface area contributed by atoms with E-state index < -0.39 is 0 Å². The van der Waals surface area contributed by atoms with Crippen molar-refractivity contribution in [2.75, 3.05) is 26.2 Å². The van der Waals surface area contributed by atoms with Crippen molar-refractivity contribution >= 4 is 17.5 Å². The fraction of sp³-hybridized carbons (Fsp3) is 0.200. The Morgan fingerprint density at radius 2 is 1.53 bits per heavy atom. The average molecular weight is 416 g/mol. The highest BCUT2D eigenvalue weighted by Crippen LogP contribution is 2.30. The minimum atomic E-state index is -0.0190. The first-order valence-electron chi connectivity index (χ1n) is 9.99. The molecule has 3 aromatic rings. The van der Waals surface area contributed by atoms with E-state index in [4.69, 9.17) is 16.9 Å². The molecule has 0 N–H and O–H groups in total. The predicted molar refractivity (Wildman–Crippen MR) is 118 cm³/mol. The molecule has 4 nitrogen and oxygen atoms in total. The summed E-state index contributed by atoms with van der Waals surface area (Å²) in [4.78, 5) is 17.2. The lowest BCUT2D eigenvalue weighted by molar-refractivity contribution is 0.0597. The van der Waals surface area contributed by atoms with Crippen LogP contribution in [0.1, 0.15) is 33.1 Å². The van der Waals surface area contributed by atoms with Crippen LogP contribution in [0.25, 0.3) is 0 Å². The van der Waals surface area contributed by atoms with Crippen molar-refractivity contribution in [1.29, 1.82) is 5.26 Å². The van der Waals surface area contributed by atoms with E-state index in [1.54, 1.807) is 24.3 Å². The highest BCUT2D eigenvalue weighted by Gasteiger charge is 2.28. The molecular formula is C25H22ClN3O. The number of nitrogens with zero attached hydrogens (tertiary/aromatic N) is 3. The van der Waals surface area contributed by atoms with Crippen molar-refractivity contribution in [3.63, 3.8) is 0 Å². The number of halogens is 1. The summed E-state index contributed by atoms with van der Waals surface area (Å²) >= 11 is 6.10. The van der Waals surface area contributed by atoms with E-state index in [-0.39, 0.29) is 11.9 Å². The maximum atomic E-state index is 12.9. The third kappa shape index (κ3) is 4.38. The third-order valence-electron chi connectivity index (χ3n) is 5.51. The van der Waals surface area contributed by atoms with Crippen molar-refractivity contribution in [2.24, 2.45) is 0 Å². The van der Waals surface area contributed by atoms with Gasteiger partial charge in [0.25, 0.3) is 5.91 Å². The summed E-state index contributed by atoms with van der Waals surface area (Å²) in [5, 5.41) is 9.82. The molecule has 0 aromatic heterocycles. The van der Waals surface area contributed by atoms with E-state index in [1.165, 1.54) is 11.1 Å². The molecule has 0 bridgehead atoms. The molecule has 0 unspecified atom stereocenters. The molecule has 0 spiro atoms. The fourth-order valence-corrected chi connectivity index (χ4v) is 4.11. The summed E-state index contributed by atoms with van der Waals surface area (Å²) in [6, 6.07) is 27.5. The molecule has 3 aromatic carbocycles. The van der Waals surface area contributed by atoms with Gasteiger partial charge in [0.1, 0.15) is 0 Å². The zero-order valence-corrected chi connectivity index (χ0v) is 17.3. The maximum Gasteiger partial charge on any atom is 0.253 e. The lowest BCUT2D eigenvalue weighted by atomic mass is 9.96. The molecule has 0 aliphatic carbocycles. The third-order valence-corrected chi connectivity index (χ3v) is 5.76. The Bertz CT molecular complexity index is 1050. The molecule has 5 heteroatoms. The van der Waals surface area contributed by atoms with Gasteiger partial charge in [-0.3, -0.25) is 9.69 Å². The van der Waals surface area contributed by atoms with E-state index in [1.807, 2.05) is 23.1 Å². The number of hydrogen-bond donors (Lipinski definition) is 0. The summed E-state index contributed by atoms with van der Waals surface area (Å²) in [6.45, 7) is 2.83. The Morgan fingerprint density at radius 3 is 2.20 bits per heavy atom. The summed E-state index contributed by atoms with van der Waals surface area (Å²) in [5.74, 6) is -0.0190. The largest absolute Gasteiger partial charge is 0.336 e. The highest BCUT2D eigenvalue weighted by atomic mass is 35.5. The van der Waals surface area contributed by atoms with Crippen LogP contribution in [-0.2, 0) is 0 Å². The quantitative estimate of drug-likeness (QED) is 0.617. The number of rotatable bonds is 4. The van der Waals surface area contributed by atoms with Crippen molar-refractivity contribution < 1.29 is 4.79 Å². The van der Waals surface area contributed by atoms with Crippen LogP contribution in [0.2, 0.25) is 5.02 Å². The number of piperazine rings is 1. The predicted octanol–water partition coefficient (Wildman–Crippen LogP) is 4.76. The van der Waals surface area contributed by atoms with Crippen molar-refractivity contribution in [3.8, 4) is 6.07 Å². The number of benzene rings is 3. The monoisotopic (exact) mass is 415 g/mol. The van der Waals surface area contributed by atoms with Gasteiger partial charge in [-0.1, -0.05) is 60.1 Å². The van der Waals surface area contributed by atoms with Gasteiger partial charge in [-0.05, 0) is 41.5 Å². The molecule has 1 aliphatic heterocycles. The zero-order chi connectivity index (χ0) is 20.9. The van der Waals surface area contributed by atoms with E-state index in [2.05, 4.69) is 47.4 Å². The van der Waals surface area contributed by atoms with Gasteiger partial charge in [0, 0.05) is 36.8 Å². The van der Waals surface area contributed by atoms with Crippen molar-refractivity contribution in [3.05, 3.63) is 106 Å². The second-order valence-corrected chi connectivity index (χ2v) is 7.82. The van der Waals surface area contributed by atoms with Gasteiger partial charge in [0.05, 0.1) is 17.7 Å². The molecule has 1 atom stereocenters. The number of amides is 1. The van der Waals surface area contributed by atoms with Crippen LogP contribution in [0.5, 0.6) is 0 Å². The van der Waals surface area contributed by atoms with Crippen LogP contribution in [0.4, 0.5) is 0 Å². The molecule has 1 saturated heterocycles. The van der Waals surface area contributed by atoms with E-state index in [9.17, 15) is 4.79 Å². The minimum absolute atomic E-state index is 0.0190. The summed E-state index contributed by atoms with van der Waals surface area (Å²) in [6.07, 6.45) is 0. The molecule has 1 heterocycles. The molecule has 4 rings (SSSR count). The van der Waals surface area contributed by atoms with Gasteiger partial charge in [0.2, 0.25) is 0 Å². The van der Waals surface area contributed by atoms with Crippen molar-refractivity contribution in [1.82, 2.24) is 9.80 Å². The number of carbonyl (C=O) groups is 1. The Morgan fingerprint density at radius 1 is 0.867 bits per heavy atom. The van der Waals surface area contributed by atoms with E-state index in [0.29, 0.717) is 24.2 Å². The van der Waals surface area contributed by atoms with Gasteiger partial charge in [-0.2, -0.15) is 5.26 Å². The van der Waals surface area contributed by atoms with Gasteiger partial charge in [-0.15, -0.1) is 0 Å². The normalized spacial score (nSPS) is 15.4. The summed E-state index contributed by atoms with van der Waals surface area (Å²) < 4.78 is 0. The topological polar surface area (TPSA) is 47.3 Å². The Kier molecular flexibility index (Phi) is 6.13. The molecule has 1 fully saturated rings. The maximum absolute atomic E-state index is 12.9. The second-order valence-electron chi connectivity index (χ2n) is 7.39. The smallest absolute Gasteiger partial charge is 0.253 e. The van der Waals surface area contributed by atoms with Gasteiger partial charge in [-0.25, -0.2) is 0 Å². The summed E-state index contributed by atoms with van der Waals surface area (Å²) in [5.41, 5.74) is 3.49.